The SMILES string of the molecule is CC(=O)OCC(COC(C)=O)OC(C)=O.Cc1ccccc1. The second-order valence-corrected chi connectivity index (χ2v) is 4.49. The molecular weight excluding hydrogens is 288 g/mol. The lowest BCUT2D eigenvalue weighted by Crippen LogP contribution is -2.29. The number of carbonyl (C=O) groups is 3. The molecule has 0 heterocycles. The first-order valence-corrected chi connectivity index (χ1v) is 6.76. The van der Waals surface area contributed by atoms with E-state index in [4.69, 9.17) is 4.74 Å². The van der Waals surface area contributed by atoms with E-state index in [1.54, 1.807) is 0 Å². The molecule has 0 fully saturated rings. The minimum Gasteiger partial charge on any atom is -0.462 e. The van der Waals surface area contributed by atoms with Crippen LogP contribution in [0.4, 0.5) is 0 Å². The monoisotopic (exact) mass is 310 g/mol. The Bertz CT molecular complexity index is 451. The predicted octanol–water partition coefficient (Wildman–Crippen LogP) is 2.04. The molecule has 1 rings (SSSR count). The quantitative estimate of drug-likeness (QED) is 0.611. The Balaban J connectivity index is 0.000000518. The molecule has 122 valence electrons. The van der Waals surface area contributed by atoms with Gasteiger partial charge in [0, 0.05) is 20.8 Å². The number of esters is 3. The maximum absolute atomic E-state index is 10.6. The van der Waals surface area contributed by atoms with E-state index < -0.39 is 24.0 Å². The van der Waals surface area contributed by atoms with Crippen LogP contribution in [-0.2, 0) is 28.6 Å². The smallest absolute Gasteiger partial charge is 0.303 e. The fourth-order valence-corrected chi connectivity index (χ4v) is 1.31. The topological polar surface area (TPSA) is 78.9 Å². The van der Waals surface area contributed by atoms with Crippen LogP contribution in [0.3, 0.4) is 0 Å². The standard InChI is InChI=1S/C9H14O6.C7H8/c1-6(10)13-4-9(15-8(3)12)5-14-7(2)11;1-7-5-3-2-4-6-7/h9H,4-5H2,1-3H3;2-6H,1H3. The largest absolute Gasteiger partial charge is 0.462 e. The van der Waals surface area contributed by atoms with Crippen LogP contribution in [0.5, 0.6) is 0 Å². The summed E-state index contributed by atoms with van der Waals surface area (Å²) in [6, 6.07) is 10.3. The van der Waals surface area contributed by atoms with Crippen molar-refractivity contribution in [2.24, 2.45) is 0 Å². The third-order valence-electron chi connectivity index (χ3n) is 2.22. The van der Waals surface area contributed by atoms with Gasteiger partial charge in [-0.1, -0.05) is 35.9 Å². The van der Waals surface area contributed by atoms with Crippen LogP contribution in [-0.4, -0.2) is 37.2 Å². The van der Waals surface area contributed by atoms with Crippen molar-refractivity contribution >= 4 is 17.9 Å². The summed E-state index contributed by atoms with van der Waals surface area (Å²) in [5.41, 5.74) is 1.32. The van der Waals surface area contributed by atoms with Gasteiger partial charge in [0.2, 0.25) is 0 Å². The molecule has 0 N–H and O–H groups in total. The van der Waals surface area contributed by atoms with Crippen LogP contribution in [0.1, 0.15) is 26.3 Å². The maximum atomic E-state index is 10.6. The number of ether oxygens (including phenoxy) is 3. The summed E-state index contributed by atoms with van der Waals surface area (Å²) in [7, 11) is 0. The average molecular weight is 310 g/mol. The number of rotatable bonds is 5. The molecule has 1 aromatic carbocycles. The minimum absolute atomic E-state index is 0.123. The van der Waals surface area contributed by atoms with Gasteiger partial charge in [0.25, 0.3) is 0 Å². The zero-order valence-electron chi connectivity index (χ0n) is 13.3. The molecule has 1 aromatic rings. The fraction of sp³-hybridized carbons (Fsp3) is 0.438. The lowest BCUT2D eigenvalue weighted by atomic mass is 10.2. The van der Waals surface area contributed by atoms with E-state index in [9.17, 15) is 14.4 Å². The molecule has 0 aliphatic rings. The van der Waals surface area contributed by atoms with Crippen LogP contribution < -0.4 is 0 Å². The van der Waals surface area contributed by atoms with E-state index in [-0.39, 0.29) is 13.2 Å². The molecule has 0 saturated carbocycles. The first-order chi connectivity index (χ1) is 10.3. The van der Waals surface area contributed by atoms with Crippen molar-refractivity contribution in [1.29, 1.82) is 0 Å². The second-order valence-electron chi connectivity index (χ2n) is 4.49. The average Bonchev–Trinajstić information content (AvgIpc) is 2.42. The van der Waals surface area contributed by atoms with Crippen LogP contribution >= 0.6 is 0 Å². The highest BCUT2D eigenvalue weighted by molar-refractivity contribution is 5.67. The van der Waals surface area contributed by atoms with E-state index in [1.807, 2.05) is 18.2 Å². The summed E-state index contributed by atoms with van der Waals surface area (Å²) in [6.07, 6.45) is -0.754. The lowest BCUT2D eigenvalue weighted by Gasteiger charge is -2.15. The fourth-order valence-electron chi connectivity index (χ4n) is 1.31. The Morgan fingerprint density at radius 3 is 1.59 bits per heavy atom. The molecule has 0 radical (unpaired) electrons. The van der Waals surface area contributed by atoms with Crippen LogP contribution in [0.15, 0.2) is 30.3 Å². The lowest BCUT2D eigenvalue weighted by molar-refractivity contribution is -0.163. The van der Waals surface area contributed by atoms with E-state index in [0.29, 0.717) is 0 Å². The molecule has 0 saturated heterocycles. The molecule has 0 unspecified atom stereocenters. The van der Waals surface area contributed by atoms with Crippen molar-refractivity contribution < 1.29 is 28.6 Å². The number of hydrogen-bond donors (Lipinski definition) is 0. The van der Waals surface area contributed by atoms with Gasteiger partial charge in [-0.3, -0.25) is 14.4 Å². The van der Waals surface area contributed by atoms with Gasteiger partial charge in [0.15, 0.2) is 6.10 Å². The third kappa shape index (κ3) is 12.7. The minimum atomic E-state index is -0.754. The molecule has 0 amide bonds. The summed E-state index contributed by atoms with van der Waals surface area (Å²) in [5, 5.41) is 0. The molecule has 0 spiro atoms. The zero-order valence-corrected chi connectivity index (χ0v) is 13.3. The molecule has 0 aliphatic heterocycles. The molecule has 6 nitrogen and oxygen atoms in total. The van der Waals surface area contributed by atoms with Crippen LogP contribution in [0, 0.1) is 6.92 Å². The number of aryl methyl sites for hydroxylation is 1. The summed E-state index contributed by atoms with van der Waals surface area (Å²) >= 11 is 0. The Morgan fingerprint density at radius 1 is 0.864 bits per heavy atom. The highest BCUT2D eigenvalue weighted by Crippen LogP contribution is 1.97. The normalized spacial score (nSPS) is 9.32. The molecule has 0 aromatic heterocycles. The Hall–Kier alpha value is -2.37. The Kier molecular flexibility index (Phi) is 10.1. The summed E-state index contributed by atoms with van der Waals surface area (Å²) < 4.78 is 14.0. The predicted molar refractivity (Wildman–Crippen MR) is 80.0 cm³/mol. The zero-order chi connectivity index (χ0) is 17.0. The molecular formula is C16H22O6. The molecule has 6 heteroatoms. The number of hydrogen-bond acceptors (Lipinski definition) is 6. The Labute approximate surface area is 130 Å². The van der Waals surface area contributed by atoms with Gasteiger partial charge >= 0.3 is 17.9 Å². The van der Waals surface area contributed by atoms with Crippen molar-refractivity contribution in [2.75, 3.05) is 13.2 Å². The van der Waals surface area contributed by atoms with E-state index in [1.165, 1.54) is 26.3 Å². The summed E-state index contributed by atoms with van der Waals surface area (Å²) in [6.45, 7) is 5.52. The molecule has 22 heavy (non-hydrogen) atoms. The highest BCUT2D eigenvalue weighted by atomic mass is 16.6. The first-order valence-electron chi connectivity index (χ1n) is 6.76. The van der Waals surface area contributed by atoms with Crippen LogP contribution in [0.25, 0.3) is 0 Å². The Morgan fingerprint density at radius 2 is 1.32 bits per heavy atom. The molecule has 0 aliphatic carbocycles. The maximum Gasteiger partial charge on any atom is 0.303 e. The van der Waals surface area contributed by atoms with Gasteiger partial charge in [-0.15, -0.1) is 0 Å². The van der Waals surface area contributed by atoms with Crippen molar-refractivity contribution in [1.82, 2.24) is 0 Å². The number of benzene rings is 1. The van der Waals surface area contributed by atoms with Crippen molar-refractivity contribution in [3.8, 4) is 0 Å². The van der Waals surface area contributed by atoms with Gasteiger partial charge < -0.3 is 14.2 Å². The van der Waals surface area contributed by atoms with E-state index in [2.05, 4.69) is 28.5 Å². The van der Waals surface area contributed by atoms with Gasteiger partial charge in [-0.05, 0) is 6.92 Å². The van der Waals surface area contributed by atoms with Gasteiger partial charge in [0.05, 0.1) is 0 Å². The van der Waals surface area contributed by atoms with Crippen molar-refractivity contribution in [3.05, 3.63) is 35.9 Å². The van der Waals surface area contributed by atoms with Crippen LogP contribution in [0.2, 0.25) is 0 Å². The van der Waals surface area contributed by atoms with E-state index in [0.717, 1.165) is 0 Å². The van der Waals surface area contributed by atoms with Crippen molar-refractivity contribution in [3.63, 3.8) is 0 Å². The molecule has 0 bridgehead atoms. The van der Waals surface area contributed by atoms with Gasteiger partial charge in [-0.2, -0.15) is 0 Å². The summed E-state index contributed by atoms with van der Waals surface area (Å²) in [4.78, 5) is 31.6. The van der Waals surface area contributed by atoms with Gasteiger partial charge in [0.1, 0.15) is 13.2 Å². The van der Waals surface area contributed by atoms with E-state index >= 15 is 0 Å². The summed E-state index contributed by atoms with van der Waals surface area (Å²) in [5.74, 6) is -1.51. The number of carbonyl (C=O) groups excluding carboxylic acids is 3. The second kappa shape index (κ2) is 11.3. The molecule has 0 atom stereocenters. The highest BCUT2D eigenvalue weighted by Gasteiger charge is 2.15. The third-order valence-corrected chi connectivity index (χ3v) is 2.22. The first kappa shape index (κ1) is 19.6. The van der Waals surface area contributed by atoms with Gasteiger partial charge in [-0.25, -0.2) is 0 Å². The van der Waals surface area contributed by atoms with Crippen molar-refractivity contribution in [2.45, 2.75) is 33.8 Å².